The number of carboxylic acid groups (broad SMARTS) is 1. The molecule has 104 valence electrons. The van der Waals surface area contributed by atoms with E-state index in [2.05, 4.69) is 15.3 Å². The lowest BCUT2D eigenvalue weighted by atomic mass is 10.0. The van der Waals surface area contributed by atoms with Crippen LogP contribution >= 0.6 is 0 Å². The van der Waals surface area contributed by atoms with Gasteiger partial charge in [0.2, 0.25) is 0 Å². The zero-order valence-corrected chi connectivity index (χ0v) is 10.7. The van der Waals surface area contributed by atoms with E-state index >= 15 is 0 Å². The molecule has 7 heteroatoms. The van der Waals surface area contributed by atoms with Crippen LogP contribution in [0.5, 0.6) is 0 Å². The largest absolute Gasteiger partial charge is 0.477 e. The van der Waals surface area contributed by atoms with Gasteiger partial charge in [-0.05, 0) is 24.7 Å². The van der Waals surface area contributed by atoms with Crippen LogP contribution in [-0.4, -0.2) is 47.2 Å². The Morgan fingerprint density at radius 3 is 2.89 bits per heavy atom. The zero-order valence-electron chi connectivity index (χ0n) is 10.7. The molecule has 1 amide bonds. The predicted octanol–water partition coefficient (Wildman–Crippen LogP) is 0.654. The molecule has 2 rings (SSSR count). The maximum Gasteiger partial charge on any atom is 0.354 e. The van der Waals surface area contributed by atoms with E-state index in [0.717, 1.165) is 19.3 Å². The molecule has 7 nitrogen and oxygen atoms in total. The van der Waals surface area contributed by atoms with E-state index in [1.807, 2.05) is 0 Å². The van der Waals surface area contributed by atoms with Gasteiger partial charge >= 0.3 is 5.97 Å². The number of nitrogens with zero attached hydrogens (tertiary/aromatic N) is 1. The highest BCUT2D eigenvalue weighted by molar-refractivity contribution is 6.02. The average molecular weight is 267 g/mol. The molecule has 1 aromatic heterocycles. The summed E-state index contributed by atoms with van der Waals surface area (Å²) in [4.78, 5) is 29.0. The Hall–Kier alpha value is -1.89. The summed E-state index contributed by atoms with van der Waals surface area (Å²) in [6.45, 7) is 1.19. The van der Waals surface area contributed by atoms with Gasteiger partial charge in [0.1, 0.15) is 0 Å². The molecule has 0 aliphatic heterocycles. The lowest BCUT2D eigenvalue weighted by Crippen LogP contribution is -2.32. The number of nitrogens with one attached hydrogen (secondary N) is 2. The normalized spacial score (nSPS) is 16.1. The molecule has 0 unspecified atom stereocenters. The standard InChI is InChI=1S/C12H17N3O4/c1-19-5-4-12(2-3-12)6-13-10(16)8-9(11(17)18)15-7-14-8/h7H,2-6H2,1H3,(H,13,16)(H,14,15)(H,17,18). The van der Waals surface area contributed by atoms with E-state index in [1.54, 1.807) is 7.11 Å². The third kappa shape index (κ3) is 3.11. The maximum absolute atomic E-state index is 11.9. The molecule has 0 spiro atoms. The number of H-pyrrole nitrogens is 1. The van der Waals surface area contributed by atoms with Crippen molar-refractivity contribution in [3.63, 3.8) is 0 Å². The lowest BCUT2D eigenvalue weighted by Gasteiger charge is -2.14. The molecule has 1 aromatic rings. The fourth-order valence-corrected chi connectivity index (χ4v) is 1.99. The minimum Gasteiger partial charge on any atom is -0.477 e. The Bertz CT molecular complexity index is 479. The molecular formula is C12H17N3O4. The molecule has 1 aliphatic rings. The summed E-state index contributed by atoms with van der Waals surface area (Å²) < 4.78 is 5.04. The first kappa shape index (κ1) is 13.5. The number of aromatic amines is 1. The Kier molecular flexibility index (Phi) is 3.84. The number of amides is 1. The van der Waals surface area contributed by atoms with Gasteiger partial charge in [-0.2, -0.15) is 0 Å². The third-order valence-electron chi connectivity index (χ3n) is 3.49. The number of imidazole rings is 1. The molecule has 3 N–H and O–H groups in total. The van der Waals surface area contributed by atoms with Crippen molar-refractivity contribution in [2.75, 3.05) is 20.3 Å². The van der Waals surface area contributed by atoms with Crippen molar-refractivity contribution in [1.82, 2.24) is 15.3 Å². The summed E-state index contributed by atoms with van der Waals surface area (Å²) in [5.74, 6) is -1.65. The zero-order chi connectivity index (χ0) is 13.9. The van der Waals surface area contributed by atoms with Crippen molar-refractivity contribution in [2.24, 2.45) is 5.41 Å². The van der Waals surface area contributed by atoms with Crippen LogP contribution in [-0.2, 0) is 4.74 Å². The van der Waals surface area contributed by atoms with E-state index in [1.165, 1.54) is 6.33 Å². The van der Waals surface area contributed by atoms with E-state index in [4.69, 9.17) is 9.84 Å². The van der Waals surface area contributed by atoms with Crippen LogP contribution in [0.2, 0.25) is 0 Å². The Morgan fingerprint density at radius 2 is 2.32 bits per heavy atom. The second kappa shape index (κ2) is 5.40. The molecule has 0 aromatic carbocycles. The molecule has 1 aliphatic carbocycles. The van der Waals surface area contributed by atoms with E-state index in [-0.39, 0.29) is 16.8 Å². The Balaban J connectivity index is 1.91. The quantitative estimate of drug-likeness (QED) is 0.673. The van der Waals surface area contributed by atoms with Crippen molar-refractivity contribution in [3.05, 3.63) is 17.7 Å². The first-order valence-electron chi connectivity index (χ1n) is 6.12. The number of carbonyl (C=O) groups excluding carboxylic acids is 1. The molecule has 1 saturated carbocycles. The van der Waals surface area contributed by atoms with E-state index in [0.29, 0.717) is 13.2 Å². The SMILES string of the molecule is COCCC1(CNC(=O)c2nc[nH]c2C(=O)O)CC1. The first-order chi connectivity index (χ1) is 9.08. The number of carboxylic acids is 1. The number of ether oxygens (including phenoxy) is 1. The highest BCUT2D eigenvalue weighted by Crippen LogP contribution is 2.48. The highest BCUT2D eigenvalue weighted by atomic mass is 16.5. The topological polar surface area (TPSA) is 104 Å². The minimum absolute atomic E-state index is 0.0740. The van der Waals surface area contributed by atoms with Crippen LogP contribution in [0.15, 0.2) is 6.33 Å². The maximum atomic E-state index is 11.9. The van der Waals surface area contributed by atoms with Crippen molar-refractivity contribution in [3.8, 4) is 0 Å². The number of methoxy groups -OCH3 is 1. The van der Waals surface area contributed by atoms with Crippen LogP contribution in [0.25, 0.3) is 0 Å². The molecule has 0 saturated heterocycles. The average Bonchev–Trinajstić information content (AvgIpc) is 2.97. The van der Waals surface area contributed by atoms with E-state index < -0.39 is 11.9 Å². The molecule has 0 bridgehead atoms. The van der Waals surface area contributed by atoms with Gasteiger partial charge in [-0.25, -0.2) is 9.78 Å². The second-order valence-corrected chi connectivity index (χ2v) is 4.86. The van der Waals surface area contributed by atoms with Crippen LogP contribution in [0.4, 0.5) is 0 Å². The number of rotatable bonds is 7. The summed E-state index contributed by atoms with van der Waals surface area (Å²) in [6.07, 6.45) is 4.22. The second-order valence-electron chi connectivity index (χ2n) is 4.86. The summed E-state index contributed by atoms with van der Waals surface area (Å²) in [5.41, 5.74) is -0.139. The van der Waals surface area contributed by atoms with Crippen molar-refractivity contribution in [2.45, 2.75) is 19.3 Å². The number of hydrogen-bond acceptors (Lipinski definition) is 4. The third-order valence-corrected chi connectivity index (χ3v) is 3.49. The molecule has 0 radical (unpaired) electrons. The smallest absolute Gasteiger partial charge is 0.354 e. The number of carbonyl (C=O) groups is 2. The van der Waals surface area contributed by atoms with Crippen molar-refractivity contribution < 1.29 is 19.4 Å². The first-order valence-corrected chi connectivity index (χ1v) is 6.12. The fraction of sp³-hybridized carbons (Fsp3) is 0.583. The van der Waals surface area contributed by atoms with Gasteiger partial charge in [0.25, 0.3) is 5.91 Å². The highest BCUT2D eigenvalue weighted by Gasteiger charge is 2.42. The van der Waals surface area contributed by atoms with Crippen LogP contribution in [0.1, 0.15) is 40.2 Å². The molecular weight excluding hydrogens is 250 g/mol. The van der Waals surface area contributed by atoms with Crippen LogP contribution in [0, 0.1) is 5.41 Å². The Labute approximate surface area is 110 Å². The number of hydrogen-bond donors (Lipinski definition) is 3. The summed E-state index contributed by atoms with van der Waals surface area (Å²) in [5, 5.41) is 11.6. The number of aromatic carboxylic acids is 1. The van der Waals surface area contributed by atoms with Gasteiger partial charge in [-0.15, -0.1) is 0 Å². The van der Waals surface area contributed by atoms with Gasteiger partial charge in [-0.1, -0.05) is 0 Å². The van der Waals surface area contributed by atoms with Crippen molar-refractivity contribution >= 4 is 11.9 Å². The predicted molar refractivity (Wildman–Crippen MR) is 66.0 cm³/mol. The number of aromatic nitrogens is 2. The summed E-state index contributed by atoms with van der Waals surface area (Å²) in [7, 11) is 1.65. The fourth-order valence-electron chi connectivity index (χ4n) is 1.99. The van der Waals surface area contributed by atoms with Gasteiger partial charge in [0.05, 0.1) is 6.33 Å². The Morgan fingerprint density at radius 1 is 1.58 bits per heavy atom. The summed E-state index contributed by atoms with van der Waals surface area (Å²) in [6, 6.07) is 0. The van der Waals surface area contributed by atoms with E-state index in [9.17, 15) is 9.59 Å². The minimum atomic E-state index is -1.19. The van der Waals surface area contributed by atoms with Gasteiger partial charge in [-0.3, -0.25) is 4.79 Å². The van der Waals surface area contributed by atoms with Gasteiger partial charge < -0.3 is 20.1 Å². The van der Waals surface area contributed by atoms with Gasteiger partial charge in [0, 0.05) is 20.3 Å². The summed E-state index contributed by atoms with van der Waals surface area (Å²) >= 11 is 0. The molecule has 19 heavy (non-hydrogen) atoms. The van der Waals surface area contributed by atoms with Crippen LogP contribution < -0.4 is 5.32 Å². The van der Waals surface area contributed by atoms with Gasteiger partial charge in [0.15, 0.2) is 11.4 Å². The molecule has 1 heterocycles. The van der Waals surface area contributed by atoms with Crippen LogP contribution in [0.3, 0.4) is 0 Å². The lowest BCUT2D eigenvalue weighted by molar-refractivity contribution is 0.0684. The monoisotopic (exact) mass is 267 g/mol. The van der Waals surface area contributed by atoms with Crippen molar-refractivity contribution in [1.29, 1.82) is 0 Å². The molecule has 1 fully saturated rings. The molecule has 0 atom stereocenters.